The molecule has 0 fully saturated rings. The van der Waals surface area contributed by atoms with E-state index < -0.39 is 6.10 Å². The third kappa shape index (κ3) is 4.01. The van der Waals surface area contributed by atoms with E-state index in [1.807, 2.05) is 30.3 Å². The van der Waals surface area contributed by atoms with Crippen molar-refractivity contribution in [3.8, 4) is 5.75 Å². The van der Waals surface area contributed by atoms with Gasteiger partial charge < -0.3 is 9.84 Å². The van der Waals surface area contributed by atoms with E-state index in [0.717, 1.165) is 11.3 Å². The second-order valence-corrected chi connectivity index (χ2v) is 5.51. The maximum Gasteiger partial charge on any atom is 0.118 e. The second-order valence-electron chi connectivity index (χ2n) is 4.42. The van der Waals surface area contributed by atoms with Crippen molar-refractivity contribution in [3.05, 3.63) is 59.7 Å². The van der Waals surface area contributed by atoms with Crippen LogP contribution in [0.25, 0.3) is 0 Å². The Morgan fingerprint density at radius 1 is 1.16 bits per heavy atom. The summed E-state index contributed by atoms with van der Waals surface area (Å²) in [5.41, 5.74) is 2.16. The third-order valence-electron chi connectivity index (χ3n) is 2.90. The predicted octanol–water partition coefficient (Wildman–Crippen LogP) is 3.83. The molecule has 19 heavy (non-hydrogen) atoms. The fraction of sp³-hybridized carbons (Fsp3) is 0.250. The minimum atomic E-state index is -0.462. The molecular formula is C16H18O2S. The first-order valence-corrected chi connectivity index (χ1v) is 7.19. The van der Waals surface area contributed by atoms with Gasteiger partial charge in [0.1, 0.15) is 5.75 Å². The molecule has 3 heteroatoms. The highest BCUT2D eigenvalue weighted by atomic mass is 32.2. The third-order valence-corrected chi connectivity index (χ3v) is 3.97. The van der Waals surface area contributed by atoms with Crippen LogP contribution in [0.5, 0.6) is 5.75 Å². The predicted molar refractivity (Wildman–Crippen MR) is 79.9 cm³/mol. The van der Waals surface area contributed by atoms with E-state index in [0.29, 0.717) is 5.75 Å². The summed E-state index contributed by atoms with van der Waals surface area (Å²) in [4.78, 5) is 1.19. The number of aliphatic hydroxyl groups excluding tert-OH is 1. The molecule has 2 aromatic rings. The number of rotatable bonds is 5. The minimum absolute atomic E-state index is 0.462. The standard InChI is InChI=1S/C16H18O2S/c1-12-4-3-5-15(10-12)19-11-16(17)13-6-8-14(18-2)9-7-13/h3-10,16-17H,11H2,1-2H3. The summed E-state index contributed by atoms with van der Waals surface area (Å²) < 4.78 is 5.10. The first-order chi connectivity index (χ1) is 9.19. The number of ether oxygens (including phenoxy) is 1. The van der Waals surface area contributed by atoms with Gasteiger partial charge in [-0.25, -0.2) is 0 Å². The van der Waals surface area contributed by atoms with Crippen LogP contribution in [0, 0.1) is 6.92 Å². The van der Waals surface area contributed by atoms with Crippen LogP contribution in [0.1, 0.15) is 17.2 Å². The van der Waals surface area contributed by atoms with E-state index in [1.54, 1.807) is 18.9 Å². The van der Waals surface area contributed by atoms with Crippen molar-refractivity contribution in [2.75, 3.05) is 12.9 Å². The molecule has 0 spiro atoms. The molecule has 0 bridgehead atoms. The van der Waals surface area contributed by atoms with Crippen molar-refractivity contribution >= 4 is 11.8 Å². The summed E-state index contributed by atoms with van der Waals surface area (Å²) in [6, 6.07) is 15.9. The molecule has 2 nitrogen and oxygen atoms in total. The lowest BCUT2D eigenvalue weighted by Crippen LogP contribution is -2.00. The molecule has 2 rings (SSSR count). The number of aliphatic hydroxyl groups is 1. The first kappa shape index (κ1) is 14.0. The highest BCUT2D eigenvalue weighted by molar-refractivity contribution is 7.99. The highest BCUT2D eigenvalue weighted by Crippen LogP contribution is 2.26. The molecule has 1 N–H and O–H groups in total. The zero-order chi connectivity index (χ0) is 13.7. The van der Waals surface area contributed by atoms with Gasteiger partial charge in [0.15, 0.2) is 0 Å². The molecule has 1 unspecified atom stereocenters. The summed E-state index contributed by atoms with van der Waals surface area (Å²) in [5, 5.41) is 10.2. The van der Waals surface area contributed by atoms with Crippen LogP contribution in [0.2, 0.25) is 0 Å². The van der Waals surface area contributed by atoms with Gasteiger partial charge in [-0.1, -0.05) is 29.8 Å². The van der Waals surface area contributed by atoms with Crippen LogP contribution in [-0.2, 0) is 0 Å². The van der Waals surface area contributed by atoms with Crippen LogP contribution >= 0.6 is 11.8 Å². The Hall–Kier alpha value is -1.45. The van der Waals surface area contributed by atoms with Crippen molar-refractivity contribution in [3.63, 3.8) is 0 Å². The van der Waals surface area contributed by atoms with E-state index in [4.69, 9.17) is 4.74 Å². The molecule has 0 amide bonds. The van der Waals surface area contributed by atoms with Crippen LogP contribution in [-0.4, -0.2) is 18.0 Å². The Morgan fingerprint density at radius 2 is 1.89 bits per heavy atom. The summed E-state index contributed by atoms with van der Waals surface area (Å²) in [5.74, 6) is 1.46. The quantitative estimate of drug-likeness (QED) is 0.840. The van der Waals surface area contributed by atoms with Crippen LogP contribution < -0.4 is 4.74 Å². The second kappa shape index (κ2) is 6.64. The topological polar surface area (TPSA) is 29.5 Å². The Bertz CT molecular complexity index is 523. The SMILES string of the molecule is COc1ccc(C(O)CSc2cccc(C)c2)cc1. The summed E-state index contributed by atoms with van der Waals surface area (Å²) in [6.45, 7) is 2.07. The number of thioether (sulfide) groups is 1. The molecule has 0 aromatic heterocycles. The molecule has 100 valence electrons. The summed E-state index contributed by atoms with van der Waals surface area (Å²) in [7, 11) is 1.64. The fourth-order valence-corrected chi connectivity index (χ4v) is 2.79. The molecular weight excluding hydrogens is 256 g/mol. The van der Waals surface area contributed by atoms with Crippen molar-refractivity contribution in [1.82, 2.24) is 0 Å². The smallest absolute Gasteiger partial charge is 0.118 e. The molecule has 0 heterocycles. The average molecular weight is 274 g/mol. The Labute approximate surface area is 118 Å². The molecule has 1 atom stereocenters. The summed E-state index contributed by atoms with van der Waals surface area (Å²) >= 11 is 1.67. The largest absolute Gasteiger partial charge is 0.497 e. The lowest BCUT2D eigenvalue weighted by atomic mass is 10.1. The minimum Gasteiger partial charge on any atom is -0.497 e. The number of aryl methyl sites for hydroxylation is 1. The van der Waals surface area contributed by atoms with Gasteiger partial charge in [-0.15, -0.1) is 11.8 Å². The number of hydrogen-bond acceptors (Lipinski definition) is 3. The van der Waals surface area contributed by atoms with Gasteiger partial charge in [0.05, 0.1) is 13.2 Å². The molecule has 0 saturated heterocycles. The molecule has 0 aliphatic carbocycles. The van der Waals surface area contributed by atoms with Crippen LogP contribution in [0.4, 0.5) is 0 Å². The normalized spacial score (nSPS) is 12.2. The Kier molecular flexibility index (Phi) is 4.88. The first-order valence-electron chi connectivity index (χ1n) is 6.20. The zero-order valence-electron chi connectivity index (χ0n) is 11.2. The maximum atomic E-state index is 10.2. The zero-order valence-corrected chi connectivity index (χ0v) is 12.0. The van der Waals surface area contributed by atoms with Gasteiger partial charge in [0, 0.05) is 10.6 Å². The van der Waals surface area contributed by atoms with Gasteiger partial charge in [0.2, 0.25) is 0 Å². The molecule has 0 radical (unpaired) electrons. The van der Waals surface area contributed by atoms with Gasteiger partial charge in [-0.2, -0.15) is 0 Å². The number of hydrogen-bond donors (Lipinski definition) is 1. The van der Waals surface area contributed by atoms with Crippen LogP contribution in [0.3, 0.4) is 0 Å². The van der Waals surface area contributed by atoms with Gasteiger partial charge >= 0.3 is 0 Å². The molecule has 2 aromatic carbocycles. The number of methoxy groups -OCH3 is 1. The fourth-order valence-electron chi connectivity index (χ4n) is 1.80. The maximum absolute atomic E-state index is 10.2. The van der Waals surface area contributed by atoms with Gasteiger partial charge in [-0.05, 0) is 36.8 Å². The Morgan fingerprint density at radius 3 is 2.53 bits per heavy atom. The van der Waals surface area contributed by atoms with E-state index in [1.165, 1.54) is 10.5 Å². The Balaban J connectivity index is 1.95. The van der Waals surface area contributed by atoms with Gasteiger partial charge in [0.25, 0.3) is 0 Å². The molecule has 0 aliphatic heterocycles. The van der Waals surface area contributed by atoms with Crippen LogP contribution in [0.15, 0.2) is 53.4 Å². The van der Waals surface area contributed by atoms with Crippen molar-refractivity contribution in [1.29, 1.82) is 0 Å². The van der Waals surface area contributed by atoms with E-state index >= 15 is 0 Å². The lowest BCUT2D eigenvalue weighted by molar-refractivity contribution is 0.204. The van der Waals surface area contributed by atoms with Crippen molar-refractivity contribution in [2.45, 2.75) is 17.9 Å². The van der Waals surface area contributed by atoms with Crippen molar-refractivity contribution in [2.24, 2.45) is 0 Å². The van der Waals surface area contributed by atoms with E-state index in [-0.39, 0.29) is 0 Å². The monoisotopic (exact) mass is 274 g/mol. The lowest BCUT2D eigenvalue weighted by Gasteiger charge is -2.11. The summed E-state index contributed by atoms with van der Waals surface area (Å²) in [6.07, 6.45) is -0.462. The molecule has 0 aliphatic rings. The average Bonchev–Trinajstić information content (AvgIpc) is 2.45. The van der Waals surface area contributed by atoms with E-state index in [2.05, 4.69) is 25.1 Å². The van der Waals surface area contributed by atoms with Gasteiger partial charge in [-0.3, -0.25) is 0 Å². The highest BCUT2D eigenvalue weighted by Gasteiger charge is 2.08. The van der Waals surface area contributed by atoms with Crippen molar-refractivity contribution < 1.29 is 9.84 Å². The van der Waals surface area contributed by atoms with E-state index in [9.17, 15) is 5.11 Å². The molecule has 0 saturated carbocycles. The number of benzene rings is 2.